The molecule has 0 heterocycles. The quantitative estimate of drug-likeness (QED) is 0.559. The Kier molecular flexibility index (Phi) is 4.72. The van der Waals surface area contributed by atoms with Crippen molar-refractivity contribution in [3.05, 3.63) is 0 Å². The van der Waals surface area contributed by atoms with Gasteiger partial charge in [-0.25, -0.2) is 8.42 Å². The Morgan fingerprint density at radius 3 is 2.07 bits per heavy atom. The summed E-state index contributed by atoms with van der Waals surface area (Å²) in [6.45, 7) is 0.498. The molecule has 0 fully saturated rings. The van der Waals surface area contributed by atoms with Gasteiger partial charge >= 0.3 is 5.97 Å². The number of ketones is 1. The summed E-state index contributed by atoms with van der Waals surface area (Å²) < 4.78 is 27.2. The number of nitrogens with zero attached hydrogens (tertiary/aromatic N) is 1. The van der Waals surface area contributed by atoms with Crippen molar-refractivity contribution in [2.45, 2.75) is 6.92 Å². The van der Waals surface area contributed by atoms with E-state index in [1.165, 1.54) is 6.92 Å². The molecule has 0 aromatic rings. The smallest absolute Gasteiger partial charge is 0.321 e. The highest BCUT2D eigenvalue weighted by Crippen LogP contribution is 1.98. The second-order valence-electron chi connectivity index (χ2n) is 2.81. The maximum absolute atomic E-state index is 11.1. The van der Waals surface area contributed by atoms with Gasteiger partial charge in [-0.3, -0.25) is 9.59 Å². The Morgan fingerprint density at radius 1 is 1.29 bits per heavy atom. The van der Waals surface area contributed by atoms with E-state index in [1.807, 2.05) is 0 Å². The molecular weight excluding hydrogens is 210 g/mol. The first-order chi connectivity index (χ1) is 6.27. The van der Waals surface area contributed by atoms with Crippen molar-refractivity contribution in [1.29, 1.82) is 0 Å². The summed E-state index contributed by atoms with van der Waals surface area (Å²) in [5, 5.41) is 0. The van der Waals surface area contributed by atoms with E-state index in [4.69, 9.17) is 0 Å². The molecule has 0 aliphatic heterocycles. The Morgan fingerprint density at radius 2 is 1.79 bits per heavy atom. The minimum Gasteiger partial charge on any atom is -0.468 e. The molecule has 0 aromatic carbocycles. The van der Waals surface area contributed by atoms with Crippen LogP contribution in [0.5, 0.6) is 0 Å². The summed E-state index contributed by atoms with van der Waals surface area (Å²) in [6.07, 6.45) is 0.929. The number of hydrogen-bond donors (Lipinski definition) is 0. The average Bonchev–Trinajstić information content (AvgIpc) is 2.00. The van der Waals surface area contributed by atoms with Gasteiger partial charge in [0.2, 0.25) is 10.0 Å². The first-order valence-electron chi connectivity index (χ1n) is 3.78. The summed E-state index contributed by atoms with van der Waals surface area (Å²) in [5.74, 6) is -1.03. The van der Waals surface area contributed by atoms with E-state index in [0.29, 0.717) is 0 Å². The van der Waals surface area contributed by atoms with E-state index >= 15 is 0 Å². The molecule has 0 aliphatic carbocycles. The largest absolute Gasteiger partial charge is 0.468 e. The number of methoxy groups -OCH3 is 1. The number of Topliss-reactive ketones (excluding diaryl/α,β-unsaturated/α-hetero) is 1. The van der Waals surface area contributed by atoms with Gasteiger partial charge in [-0.05, 0) is 6.92 Å². The van der Waals surface area contributed by atoms with Crippen molar-refractivity contribution in [3.63, 3.8) is 0 Å². The highest BCUT2D eigenvalue weighted by Gasteiger charge is 2.21. The fourth-order valence-electron chi connectivity index (χ4n) is 0.747. The molecule has 0 rings (SSSR count). The molecule has 0 spiro atoms. The highest BCUT2D eigenvalue weighted by molar-refractivity contribution is 7.88. The Labute approximate surface area is 82.9 Å². The summed E-state index contributed by atoms with van der Waals surface area (Å²) in [5.41, 5.74) is 0. The molecular formula is C7H13NO5S. The lowest BCUT2D eigenvalue weighted by atomic mass is 10.4. The molecule has 7 heteroatoms. The van der Waals surface area contributed by atoms with Crippen LogP contribution in [0.15, 0.2) is 0 Å². The molecule has 6 nitrogen and oxygen atoms in total. The summed E-state index contributed by atoms with van der Waals surface area (Å²) in [4.78, 5) is 21.5. The van der Waals surface area contributed by atoms with E-state index < -0.39 is 22.5 Å². The second kappa shape index (κ2) is 5.06. The van der Waals surface area contributed by atoms with Gasteiger partial charge in [-0.1, -0.05) is 0 Å². The zero-order valence-corrected chi connectivity index (χ0v) is 9.13. The first-order valence-corrected chi connectivity index (χ1v) is 5.63. The number of ether oxygens (including phenoxy) is 1. The fourth-order valence-corrected chi connectivity index (χ4v) is 1.50. The average molecular weight is 223 g/mol. The normalized spacial score (nSPS) is 11.4. The zero-order chi connectivity index (χ0) is 11.4. The van der Waals surface area contributed by atoms with Gasteiger partial charge in [0.05, 0.1) is 19.9 Å². The fraction of sp³-hybridized carbons (Fsp3) is 0.714. The lowest BCUT2D eigenvalue weighted by Gasteiger charge is -2.16. The van der Waals surface area contributed by atoms with Gasteiger partial charge in [0.25, 0.3) is 0 Å². The van der Waals surface area contributed by atoms with Crippen LogP contribution in [0.2, 0.25) is 0 Å². The number of carbonyl (C=O) groups is 2. The molecule has 0 saturated carbocycles. The van der Waals surface area contributed by atoms with Crippen molar-refractivity contribution in [1.82, 2.24) is 4.31 Å². The predicted molar refractivity (Wildman–Crippen MR) is 49.1 cm³/mol. The van der Waals surface area contributed by atoms with Crippen LogP contribution in [0.25, 0.3) is 0 Å². The molecule has 0 bridgehead atoms. The van der Waals surface area contributed by atoms with Crippen LogP contribution < -0.4 is 0 Å². The number of sulfonamides is 1. The molecule has 0 N–H and O–H groups in total. The summed E-state index contributed by atoms with van der Waals surface area (Å²) >= 11 is 0. The van der Waals surface area contributed by atoms with E-state index in [2.05, 4.69) is 4.74 Å². The third kappa shape index (κ3) is 4.93. The lowest BCUT2D eigenvalue weighted by Crippen LogP contribution is -2.38. The van der Waals surface area contributed by atoms with Crippen LogP contribution in [0.1, 0.15) is 6.92 Å². The highest BCUT2D eigenvalue weighted by atomic mass is 32.2. The summed E-state index contributed by atoms with van der Waals surface area (Å²) in [6, 6.07) is 0. The second-order valence-corrected chi connectivity index (χ2v) is 4.79. The molecule has 0 radical (unpaired) electrons. The summed E-state index contributed by atoms with van der Waals surface area (Å²) in [7, 11) is -2.40. The SMILES string of the molecule is COC(=O)CN(CC(C)=O)S(C)(=O)=O. The standard InChI is InChI=1S/C7H13NO5S/c1-6(9)4-8(14(3,11)12)5-7(10)13-2/h4-5H2,1-3H3. The maximum Gasteiger partial charge on any atom is 0.321 e. The third-order valence-corrected chi connectivity index (χ3v) is 2.60. The first kappa shape index (κ1) is 13.1. The van der Waals surface area contributed by atoms with Crippen LogP contribution in [-0.4, -0.2) is 50.9 Å². The van der Waals surface area contributed by atoms with Gasteiger partial charge < -0.3 is 4.74 Å². The molecule has 0 saturated heterocycles. The molecule has 0 unspecified atom stereocenters. The molecule has 14 heavy (non-hydrogen) atoms. The lowest BCUT2D eigenvalue weighted by molar-refractivity contribution is -0.140. The van der Waals surface area contributed by atoms with Crippen molar-refractivity contribution in [2.24, 2.45) is 0 Å². The van der Waals surface area contributed by atoms with E-state index in [0.717, 1.165) is 17.7 Å². The van der Waals surface area contributed by atoms with Gasteiger partial charge in [0.15, 0.2) is 0 Å². The van der Waals surface area contributed by atoms with Gasteiger partial charge in [0.1, 0.15) is 12.3 Å². The third-order valence-electron chi connectivity index (χ3n) is 1.40. The molecule has 0 aliphatic rings. The number of hydrogen-bond acceptors (Lipinski definition) is 5. The van der Waals surface area contributed by atoms with E-state index in [9.17, 15) is 18.0 Å². The number of rotatable bonds is 5. The van der Waals surface area contributed by atoms with Crippen LogP contribution in [0.4, 0.5) is 0 Å². The molecule has 0 amide bonds. The number of esters is 1. The Bertz CT molecular complexity index is 321. The van der Waals surface area contributed by atoms with Crippen LogP contribution in [0, 0.1) is 0 Å². The minimum absolute atomic E-state index is 0.312. The van der Waals surface area contributed by atoms with E-state index in [1.54, 1.807) is 0 Å². The van der Waals surface area contributed by atoms with Crippen LogP contribution in [0.3, 0.4) is 0 Å². The van der Waals surface area contributed by atoms with Gasteiger partial charge in [-0.2, -0.15) is 4.31 Å². The monoisotopic (exact) mass is 223 g/mol. The van der Waals surface area contributed by atoms with Crippen molar-refractivity contribution >= 4 is 21.8 Å². The Hall–Kier alpha value is -0.950. The topological polar surface area (TPSA) is 80.8 Å². The van der Waals surface area contributed by atoms with Gasteiger partial charge in [-0.15, -0.1) is 0 Å². The number of carbonyl (C=O) groups excluding carboxylic acids is 2. The minimum atomic E-state index is -3.55. The van der Waals surface area contributed by atoms with Crippen LogP contribution >= 0.6 is 0 Å². The predicted octanol–water partition coefficient (Wildman–Crippen LogP) is -0.990. The van der Waals surface area contributed by atoms with Crippen molar-refractivity contribution in [2.75, 3.05) is 26.5 Å². The van der Waals surface area contributed by atoms with E-state index in [-0.39, 0.29) is 12.3 Å². The molecule has 0 atom stereocenters. The van der Waals surface area contributed by atoms with Crippen molar-refractivity contribution < 1.29 is 22.7 Å². The Balaban J connectivity index is 4.58. The molecule has 82 valence electrons. The molecule has 0 aromatic heterocycles. The van der Waals surface area contributed by atoms with Gasteiger partial charge in [0, 0.05) is 0 Å². The zero-order valence-electron chi connectivity index (χ0n) is 8.31. The maximum atomic E-state index is 11.1. The van der Waals surface area contributed by atoms with Crippen molar-refractivity contribution in [3.8, 4) is 0 Å². The van der Waals surface area contributed by atoms with Crippen LogP contribution in [-0.2, 0) is 24.3 Å².